The quantitative estimate of drug-likeness (QED) is 0.830. The molecule has 0 aromatic heterocycles. The summed E-state index contributed by atoms with van der Waals surface area (Å²) in [5, 5.41) is 9.51. The minimum atomic E-state index is -3.65. The Morgan fingerprint density at radius 3 is 2.48 bits per heavy atom. The van der Waals surface area contributed by atoms with Crippen LogP contribution in [0.15, 0.2) is 33.6 Å². The van der Waals surface area contributed by atoms with Gasteiger partial charge in [-0.2, -0.15) is 4.31 Å². The number of carboxylic acids is 1. The predicted molar refractivity (Wildman–Crippen MR) is 88.7 cm³/mol. The third-order valence-corrected chi connectivity index (χ3v) is 6.90. The number of carboxylic acid groups (broad SMARTS) is 1. The summed E-state index contributed by atoms with van der Waals surface area (Å²) in [6.07, 6.45) is 0.0242. The first-order chi connectivity index (χ1) is 10.7. The van der Waals surface area contributed by atoms with Gasteiger partial charge in [0.25, 0.3) is 0 Å². The molecule has 8 heteroatoms. The average Bonchev–Trinajstić information content (AvgIpc) is 2.68. The molecule has 23 heavy (non-hydrogen) atoms. The number of hydrogen-bond acceptors (Lipinski definition) is 4. The van der Waals surface area contributed by atoms with Crippen molar-refractivity contribution in [3.63, 3.8) is 0 Å². The van der Waals surface area contributed by atoms with Gasteiger partial charge in [0.15, 0.2) is 0 Å². The Bertz CT molecular complexity index is 676. The minimum Gasteiger partial charge on any atom is -0.481 e. The first kappa shape index (κ1) is 18.4. The molecule has 1 fully saturated rings. The predicted octanol–water partition coefficient (Wildman–Crippen LogP) is 2.34. The molecule has 0 amide bonds. The second kappa shape index (κ2) is 6.88. The molecule has 1 heterocycles. The van der Waals surface area contributed by atoms with E-state index in [-0.39, 0.29) is 24.4 Å². The number of ether oxygens (including phenoxy) is 1. The summed E-state index contributed by atoms with van der Waals surface area (Å²) in [6.45, 7) is 2.00. The molecule has 1 saturated heterocycles. The molecule has 0 saturated carbocycles. The molecule has 0 aliphatic carbocycles. The number of halogens is 1. The highest BCUT2D eigenvalue weighted by molar-refractivity contribution is 9.10. The lowest BCUT2D eigenvalue weighted by molar-refractivity contribution is -0.157. The van der Waals surface area contributed by atoms with Crippen LogP contribution in [0.3, 0.4) is 0 Å². The molecule has 1 N–H and O–H groups in total. The Morgan fingerprint density at radius 2 is 1.96 bits per heavy atom. The van der Waals surface area contributed by atoms with E-state index in [1.165, 1.54) is 23.5 Å². The summed E-state index contributed by atoms with van der Waals surface area (Å²) in [6, 6.07) is 6.41. The summed E-state index contributed by atoms with van der Waals surface area (Å²) in [5.74, 6) is -0.966. The Kier molecular flexibility index (Phi) is 5.50. The Balaban J connectivity index is 2.28. The fraction of sp³-hybridized carbons (Fsp3) is 0.533. The summed E-state index contributed by atoms with van der Waals surface area (Å²) in [5.41, 5.74) is -1.10. The van der Waals surface area contributed by atoms with E-state index < -0.39 is 27.5 Å². The number of nitrogens with zero attached hydrogens (tertiary/aromatic N) is 1. The van der Waals surface area contributed by atoms with Crippen LogP contribution in [-0.4, -0.2) is 50.1 Å². The smallest absolute Gasteiger partial charge is 0.312 e. The Morgan fingerprint density at radius 1 is 1.35 bits per heavy atom. The van der Waals surface area contributed by atoms with E-state index in [1.807, 2.05) is 0 Å². The highest BCUT2D eigenvalue weighted by Gasteiger charge is 2.45. The van der Waals surface area contributed by atoms with Crippen LogP contribution in [0.4, 0.5) is 0 Å². The molecule has 0 bridgehead atoms. The number of aliphatic carboxylic acids is 1. The van der Waals surface area contributed by atoms with E-state index in [1.54, 1.807) is 19.1 Å². The van der Waals surface area contributed by atoms with Crippen LogP contribution in [0.5, 0.6) is 0 Å². The first-order valence-electron chi connectivity index (χ1n) is 7.23. The van der Waals surface area contributed by atoms with Crippen molar-refractivity contribution in [2.45, 2.75) is 30.8 Å². The summed E-state index contributed by atoms with van der Waals surface area (Å²) >= 11 is 3.28. The normalized spacial score (nSPS) is 26.7. The molecule has 2 atom stereocenters. The Hall–Kier alpha value is -0.960. The van der Waals surface area contributed by atoms with Crippen molar-refractivity contribution in [2.24, 2.45) is 5.41 Å². The van der Waals surface area contributed by atoms with Crippen LogP contribution < -0.4 is 0 Å². The first-order valence-corrected chi connectivity index (χ1v) is 9.47. The zero-order chi connectivity index (χ0) is 17.3. The van der Waals surface area contributed by atoms with Crippen LogP contribution in [0.2, 0.25) is 0 Å². The molecule has 1 aromatic rings. The minimum absolute atomic E-state index is 0.154. The lowest BCUT2D eigenvalue weighted by Crippen LogP contribution is -2.41. The van der Waals surface area contributed by atoms with Gasteiger partial charge in [-0.05, 0) is 44.0 Å². The fourth-order valence-corrected chi connectivity index (χ4v) is 4.55. The number of carbonyl (C=O) groups is 1. The Labute approximate surface area is 144 Å². The summed E-state index contributed by atoms with van der Waals surface area (Å²) < 4.78 is 33.0. The monoisotopic (exact) mass is 405 g/mol. The van der Waals surface area contributed by atoms with Crippen molar-refractivity contribution in [2.75, 3.05) is 20.2 Å². The molecule has 1 aliphatic heterocycles. The van der Waals surface area contributed by atoms with E-state index in [9.17, 15) is 18.3 Å². The second-order valence-electron chi connectivity index (χ2n) is 5.84. The van der Waals surface area contributed by atoms with Crippen LogP contribution in [0.1, 0.15) is 19.8 Å². The summed E-state index contributed by atoms with van der Waals surface area (Å²) in [4.78, 5) is 11.8. The lowest BCUT2D eigenvalue weighted by atomic mass is 9.80. The topological polar surface area (TPSA) is 83.9 Å². The largest absolute Gasteiger partial charge is 0.481 e. The standard InChI is InChI=1S/C15H20BrNO5S/c1-15(14(18)19)8-10-17(9-7-13(15)22-2)23(20,21)12-5-3-11(16)4-6-12/h3-6,13H,7-10H2,1-2H3,(H,18,19)/t13-,15+/m1/s1. The SMILES string of the molecule is CO[C@@H]1CCN(S(=O)(=O)c2ccc(Br)cc2)CC[C@]1(C)C(=O)O. The second-order valence-corrected chi connectivity index (χ2v) is 8.70. The van der Waals surface area contributed by atoms with Crippen molar-refractivity contribution < 1.29 is 23.1 Å². The van der Waals surface area contributed by atoms with E-state index in [2.05, 4.69) is 15.9 Å². The van der Waals surface area contributed by atoms with Gasteiger partial charge in [0.2, 0.25) is 10.0 Å². The van der Waals surface area contributed by atoms with E-state index in [0.717, 1.165) is 4.47 Å². The van der Waals surface area contributed by atoms with E-state index >= 15 is 0 Å². The lowest BCUT2D eigenvalue weighted by Gasteiger charge is -2.30. The molecule has 128 valence electrons. The number of sulfonamides is 1. The highest BCUT2D eigenvalue weighted by Crippen LogP contribution is 2.35. The van der Waals surface area contributed by atoms with Gasteiger partial charge in [-0.1, -0.05) is 15.9 Å². The summed E-state index contributed by atoms with van der Waals surface area (Å²) in [7, 11) is -2.18. The third kappa shape index (κ3) is 3.60. The maximum absolute atomic E-state index is 12.7. The molecular weight excluding hydrogens is 386 g/mol. The van der Waals surface area contributed by atoms with Gasteiger partial charge in [0.05, 0.1) is 16.4 Å². The van der Waals surface area contributed by atoms with Crippen molar-refractivity contribution >= 4 is 31.9 Å². The molecule has 1 aromatic carbocycles. The van der Waals surface area contributed by atoms with Crippen molar-refractivity contribution in [1.29, 1.82) is 0 Å². The van der Waals surface area contributed by atoms with E-state index in [4.69, 9.17) is 4.74 Å². The fourth-order valence-electron chi connectivity index (χ4n) is 2.83. The van der Waals surface area contributed by atoms with Crippen molar-refractivity contribution in [3.8, 4) is 0 Å². The maximum atomic E-state index is 12.7. The molecule has 0 spiro atoms. The molecule has 2 rings (SSSR count). The van der Waals surface area contributed by atoms with Crippen LogP contribution in [0.25, 0.3) is 0 Å². The van der Waals surface area contributed by atoms with Crippen LogP contribution in [-0.2, 0) is 19.6 Å². The maximum Gasteiger partial charge on any atom is 0.312 e. The van der Waals surface area contributed by atoms with Gasteiger partial charge in [0.1, 0.15) is 0 Å². The number of benzene rings is 1. The molecule has 1 aliphatic rings. The van der Waals surface area contributed by atoms with E-state index in [0.29, 0.717) is 6.42 Å². The number of rotatable bonds is 4. The zero-order valence-corrected chi connectivity index (χ0v) is 15.4. The van der Waals surface area contributed by atoms with Gasteiger partial charge in [-0.15, -0.1) is 0 Å². The highest BCUT2D eigenvalue weighted by atomic mass is 79.9. The van der Waals surface area contributed by atoms with Crippen LogP contribution in [0, 0.1) is 5.41 Å². The van der Waals surface area contributed by atoms with Gasteiger partial charge < -0.3 is 9.84 Å². The third-order valence-electron chi connectivity index (χ3n) is 4.46. The van der Waals surface area contributed by atoms with Gasteiger partial charge in [-0.25, -0.2) is 8.42 Å². The van der Waals surface area contributed by atoms with Gasteiger partial charge >= 0.3 is 5.97 Å². The number of hydrogen-bond donors (Lipinski definition) is 1. The van der Waals surface area contributed by atoms with Crippen molar-refractivity contribution in [1.82, 2.24) is 4.31 Å². The molecular formula is C15H20BrNO5S. The van der Waals surface area contributed by atoms with Crippen LogP contribution >= 0.6 is 15.9 Å². The van der Waals surface area contributed by atoms with Crippen molar-refractivity contribution in [3.05, 3.63) is 28.7 Å². The van der Waals surface area contributed by atoms with Gasteiger partial charge in [0, 0.05) is 24.7 Å². The average molecular weight is 406 g/mol. The molecule has 0 unspecified atom stereocenters. The number of methoxy groups -OCH3 is 1. The zero-order valence-electron chi connectivity index (χ0n) is 13.0. The van der Waals surface area contributed by atoms with Gasteiger partial charge in [-0.3, -0.25) is 4.79 Å². The molecule has 0 radical (unpaired) electrons. The molecule has 6 nitrogen and oxygen atoms in total.